The predicted molar refractivity (Wildman–Crippen MR) is 70.5 cm³/mol. The Morgan fingerprint density at radius 1 is 1.47 bits per heavy atom. The van der Waals surface area contributed by atoms with Crippen molar-refractivity contribution in [2.75, 3.05) is 20.3 Å². The Hall–Kier alpha value is -1.19. The van der Waals surface area contributed by atoms with Crippen molar-refractivity contribution in [2.45, 2.75) is 13.0 Å². The van der Waals surface area contributed by atoms with E-state index < -0.39 is 0 Å². The summed E-state index contributed by atoms with van der Waals surface area (Å²) in [6, 6.07) is 5.61. The van der Waals surface area contributed by atoms with E-state index in [1.807, 2.05) is 18.2 Å². The van der Waals surface area contributed by atoms with Gasteiger partial charge in [-0.25, -0.2) is 0 Å². The van der Waals surface area contributed by atoms with E-state index in [1.54, 1.807) is 7.11 Å². The molecule has 0 aliphatic heterocycles. The largest absolute Gasteiger partial charge is 0.502 e. The molecule has 1 aromatic rings. The number of methoxy groups -OCH3 is 1. The van der Waals surface area contributed by atoms with Crippen molar-refractivity contribution < 1.29 is 9.47 Å². The maximum Gasteiger partial charge on any atom is 0.123 e. The molecule has 17 heavy (non-hydrogen) atoms. The van der Waals surface area contributed by atoms with Gasteiger partial charge in [-0.05, 0) is 31.2 Å². The lowest BCUT2D eigenvalue weighted by Crippen LogP contribution is -2.16. The third-order valence-corrected chi connectivity index (χ3v) is 2.53. The van der Waals surface area contributed by atoms with E-state index in [0.29, 0.717) is 6.61 Å². The smallest absolute Gasteiger partial charge is 0.123 e. The molecular weight excluding hydrogens is 238 g/mol. The van der Waals surface area contributed by atoms with Crippen LogP contribution >= 0.6 is 11.6 Å². The standard InChI is InChI=1S/C13H18ClNO2/c1-3-17-8-4-7-15-10-11-9-12(14)5-6-13(11)16-2/h3,5-6,9,15H,1,4,7-8,10H2,2H3. The van der Waals surface area contributed by atoms with Gasteiger partial charge in [0.05, 0.1) is 20.0 Å². The van der Waals surface area contributed by atoms with E-state index in [9.17, 15) is 0 Å². The van der Waals surface area contributed by atoms with Gasteiger partial charge in [-0.1, -0.05) is 18.2 Å². The first-order valence-electron chi connectivity index (χ1n) is 5.53. The molecular formula is C13H18ClNO2. The van der Waals surface area contributed by atoms with E-state index >= 15 is 0 Å². The van der Waals surface area contributed by atoms with Crippen molar-refractivity contribution in [2.24, 2.45) is 0 Å². The molecule has 3 nitrogen and oxygen atoms in total. The Bertz CT molecular complexity index is 355. The summed E-state index contributed by atoms with van der Waals surface area (Å²) in [6.07, 6.45) is 2.40. The molecule has 0 aliphatic carbocycles. The Morgan fingerprint density at radius 2 is 2.29 bits per heavy atom. The molecule has 94 valence electrons. The maximum absolute atomic E-state index is 5.94. The van der Waals surface area contributed by atoms with E-state index in [4.69, 9.17) is 21.1 Å². The minimum atomic E-state index is 0.684. The van der Waals surface area contributed by atoms with Gasteiger partial charge in [-0.3, -0.25) is 0 Å². The van der Waals surface area contributed by atoms with Gasteiger partial charge in [0, 0.05) is 17.1 Å². The van der Waals surface area contributed by atoms with Crippen molar-refractivity contribution in [1.29, 1.82) is 0 Å². The summed E-state index contributed by atoms with van der Waals surface area (Å²) in [5.41, 5.74) is 1.06. The number of nitrogens with one attached hydrogen (secondary N) is 1. The van der Waals surface area contributed by atoms with Crippen LogP contribution in [-0.2, 0) is 11.3 Å². The van der Waals surface area contributed by atoms with Crippen molar-refractivity contribution in [1.82, 2.24) is 5.32 Å². The molecule has 4 heteroatoms. The molecule has 0 unspecified atom stereocenters. The summed E-state index contributed by atoms with van der Waals surface area (Å²) in [6.45, 7) is 5.78. The maximum atomic E-state index is 5.94. The first-order chi connectivity index (χ1) is 8.27. The second-order valence-corrected chi connectivity index (χ2v) is 3.96. The molecule has 0 spiro atoms. The van der Waals surface area contributed by atoms with Gasteiger partial charge in [0.2, 0.25) is 0 Å². The van der Waals surface area contributed by atoms with Crippen molar-refractivity contribution in [3.8, 4) is 5.75 Å². The molecule has 0 amide bonds. The number of ether oxygens (including phenoxy) is 2. The summed E-state index contributed by atoms with van der Waals surface area (Å²) >= 11 is 5.94. The van der Waals surface area contributed by atoms with Crippen molar-refractivity contribution >= 4 is 11.6 Å². The number of halogens is 1. The second-order valence-electron chi connectivity index (χ2n) is 3.52. The summed E-state index contributed by atoms with van der Waals surface area (Å²) in [5.74, 6) is 0.851. The third-order valence-electron chi connectivity index (χ3n) is 2.29. The topological polar surface area (TPSA) is 30.5 Å². The SMILES string of the molecule is C=COCCCNCc1cc(Cl)ccc1OC. The van der Waals surface area contributed by atoms with Crippen LogP contribution in [0.5, 0.6) is 5.75 Å². The molecule has 0 atom stereocenters. The molecule has 0 radical (unpaired) electrons. The molecule has 1 aromatic carbocycles. The normalized spacial score (nSPS) is 10.0. The lowest BCUT2D eigenvalue weighted by molar-refractivity contribution is 0.244. The number of rotatable bonds is 8. The van der Waals surface area contributed by atoms with E-state index in [-0.39, 0.29) is 0 Å². The van der Waals surface area contributed by atoms with Crippen LogP contribution in [0.15, 0.2) is 31.0 Å². The van der Waals surface area contributed by atoms with Crippen molar-refractivity contribution in [3.05, 3.63) is 41.6 Å². The van der Waals surface area contributed by atoms with E-state index in [0.717, 1.165) is 35.8 Å². The average molecular weight is 256 g/mol. The fourth-order valence-corrected chi connectivity index (χ4v) is 1.67. The minimum Gasteiger partial charge on any atom is -0.502 e. The Labute approximate surface area is 107 Å². The van der Waals surface area contributed by atoms with Gasteiger partial charge in [0.1, 0.15) is 5.75 Å². The molecule has 0 saturated heterocycles. The van der Waals surface area contributed by atoms with E-state index in [1.165, 1.54) is 6.26 Å². The van der Waals surface area contributed by atoms with Crippen LogP contribution < -0.4 is 10.1 Å². The number of benzene rings is 1. The highest BCUT2D eigenvalue weighted by Gasteiger charge is 2.02. The van der Waals surface area contributed by atoms with Gasteiger partial charge in [0.15, 0.2) is 0 Å². The van der Waals surface area contributed by atoms with Crippen LogP contribution in [0.3, 0.4) is 0 Å². The average Bonchev–Trinajstić information content (AvgIpc) is 2.34. The van der Waals surface area contributed by atoms with Crippen LogP contribution in [0.25, 0.3) is 0 Å². The molecule has 1 rings (SSSR count). The molecule has 0 bridgehead atoms. The Morgan fingerprint density at radius 3 is 3.00 bits per heavy atom. The first kappa shape index (κ1) is 13.9. The predicted octanol–water partition coefficient (Wildman–Crippen LogP) is 2.99. The monoisotopic (exact) mass is 255 g/mol. The van der Waals surface area contributed by atoms with Crippen LogP contribution in [0, 0.1) is 0 Å². The molecule has 1 N–H and O–H groups in total. The zero-order chi connectivity index (χ0) is 12.5. The second kappa shape index (κ2) is 7.98. The van der Waals surface area contributed by atoms with Gasteiger partial charge >= 0.3 is 0 Å². The zero-order valence-electron chi connectivity index (χ0n) is 10.0. The van der Waals surface area contributed by atoms with Crippen molar-refractivity contribution in [3.63, 3.8) is 0 Å². The lowest BCUT2D eigenvalue weighted by atomic mass is 10.2. The van der Waals surface area contributed by atoms with Gasteiger partial charge in [0.25, 0.3) is 0 Å². The zero-order valence-corrected chi connectivity index (χ0v) is 10.8. The minimum absolute atomic E-state index is 0.684. The van der Waals surface area contributed by atoms with Crippen LogP contribution in [0.1, 0.15) is 12.0 Å². The quantitative estimate of drug-likeness (QED) is 0.572. The van der Waals surface area contributed by atoms with Gasteiger partial charge in [-0.15, -0.1) is 0 Å². The van der Waals surface area contributed by atoms with Crippen LogP contribution in [0.2, 0.25) is 5.02 Å². The number of hydrogen-bond acceptors (Lipinski definition) is 3. The summed E-state index contributed by atoms with van der Waals surface area (Å²) < 4.78 is 10.3. The fourth-order valence-electron chi connectivity index (χ4n) is 1.47. The summed E-state index contributed by atoms with van der Waals surface area (Å²) in [5, 5.41) is 4.03. The molecule has 0 heterocycles. The fraction of sp³-hybridized carbons (Fsp3) is 0.385. The van der Waals surface area contributed by atoms with E-state index in [2.05, 4.69) is 11.9 Å². The van der Waals surface area contributed by atoms with Crippen LogP contribution in [0.4, 0.5) is 0 Å². The molecule has 0 aromatic heterocycles. The third kappa shape index (κ3) is 5.11. The Kier molecular flexibility index (Phi) is 6.51. The number of hydrogen-bond donors (Lipinski definition) is 1. The summed E-state index contributed by atoms with van der Waals surface area (Å²) in [7, 11) is 1.66. The highest BCUT2D eigenvalue weighted by molar-refractivity contribution is 6.30. The van der Waals surface area contributed by atoms with Gasteiger partial charge in [-0.2, -0.15) is 0 Å². The molecule has 0 fully saturated rings. The lowest BCUT2D eigenvalue weighted by Gasteiger charge is -2.10. The highest BCUT2D eigenvalue weighted by atomic mass is 35.5. The molecule has 0 aliphatic rings. The highest BCUT2D eigenvalue weighted by Crippen LogP contribution is 2.22. The molecule has 0 saturated carbocycles. The van der Waals surface area contributed by atoms with Gasteiger partial charge < -0.3 is 14.8 Å². The van der Waals surface area contributed by atoms with Crippen LogP contribution in [-0.4, -0.2) is 20.3 Å². The summed E-state index contributed by atoms with van der Waals surface area (Å²) in [4.78, 5) is 0. The first-order valence-corrected chi connectivity index (χ1v) is 5.91. The Balaban J connectivity index is 2.35.